The Morgan fingerprint density at radius 3 is 1.50 bits per heavy atom. The zero-order valence-corrected chi connectivity index (χ0v) is 51.0. The number of unbranched alkanes of at least 4 members (excludes halogenated alkanes) is 2. The Balaban J connectivity index is 0.789. The van der Waals surface area contributed by atoms with Crippen molar-refractivity contribution in [2.45, 2.75) is 118 Å². The number of ether oxygens (including phenoxy) is 4. The van der Waals surface area contributed by atoms with Crippen LogP contribution in [-0.4, -0.2) is 202 Å². The van der Waals surface area contributed by atoms with Crippen molar-refractivity contribution in [2.24, 2.45) is 0 Å². The van der Waals surface area contributed by atoms with Crippen LogP contribution in [0, 0.1) is 14.4 Å². The smallest absolute Gasteiger partial charge is 0.326 e. The van der Waals surface area contributed by atoms with Crippen LogP contribution < -0.4 is 58.5 Å². The molecule has 4 fully saturated rings. The van der Waals surface area contributed by atoms with E-state index in [-0.39, 0.29) is 145 Å². The third-order valence-corrected chi connectivity index (χ3v) is 17.6. The van der Waals surface area contributed by atoms with Crippen molar-refractivity contribution < 1.29 is 62.4 Å². The van der Waals surface area contributed by atoms with Gasteiger partial charge in [0.1, 0.15) is 6.04 Å². The van der Waals surface area contributed by atoms with Crippen LogP contribution in [0.4, 0.5) is 5.69 Å². The number of anilines is 1. The van der Waals surface area contributed by atoms with Gasteiger partial charge in [-0.3, -0.25) is 44.4 Å². The summed E-state index contributed by atoms with van der Waals surface area (Å²) in [5.41, 5.74) is 0.823. The fourth-order valence-electron chi connectivity index (χ4n) is 9.70. The first kappa shape index (κ1) is 67.1. The monoisotopic (exact) mass is 1320 g/mol. The molecule has 462 valence electrons. The van der Waals surface area contributed by atoms with E-state index in [0.717, 1.165) is 47.2 Å². The van der Waals surface area contributed by atoms with Gasteiger partial charge < -0.3 is 82.5 Å². The number of hydrogen-bond acceptors (Lipinski definition) is 16. The predicted octanol–water partition coefficient (Wildman–Crippen LogP) is 1.24. The number of benzene rings is 2. The van der Waals surface area contributed by atoms with E-state index < -0.39 is 48.0 Å². The summed E-state index contributed by atoms with van der Waals surface area (Å²) in [7, 11) is 0. The van der Waals surface area contributed by atoms with E-state index in [1.54, 1.807) is 31.2 Å². The average Bonchev–Trinajstić information content (AvgIpc) is 4.08. The quantitative estimate of drug-likeness (QED) is 0.0331. The summed E-state index contributed by atoms with van der Waals surface area (Å²) < 4.78 is 23.2. The third kappa shape index (κ3) is 23.8. The summed E-state index contributed by atoms with van der Waals surface area (Å²) in [6, 6.07) is 10.5. The van der Waals surface area contributed by atoms with E-state index in [0.29, 0.717) is 46.9 Å². The van der Waals surface area contributed by atoms with Crippen LogP contribution in [-0.2, 0) is 42.9 Å². The van der Waals surface area contributed by atoms with Crippen LogP contribution in [0.5, 0.6) is 0 Å². The fraction of sp³-hybridized carbons (Fsp3) is 0.600. The largest absolute Gasteiger partial charge is 0.480 e. The first-order valence-corrected chi connectivity index (χ1v) is 31.6. The summed E-state index contributed by atoms with van der Waals surface area (Å²) in [6.45, 7) is 3.83. The number of nitrogens with one attached hydrogen (secondary N) is 13. The average molecular weight is 1320 g/mol. The number of guanidine groups is 2. The lowest BCUT2D eigenvalue weighted by Gasteiger charge is -2.17. The van der Waals surface area contributed by atoms with E-state index in [2.05, 4.69) is 81.1 Å². The number of hydrogen-bond donors (Lipinski definition) is 14. The maximum Gasteiger partial charge on any atom is 0.326 e. The molecular weight excluding hydrogens is 1240 g/mol. The van der Waals surface area contributed by atoms with Crippen LogP contribution in [0.1, 0.15) is 102 Å². The number of carboxylic acids is 1. The van der Waals surface area contributed by atoms with Crippen LogP contribution in [0.3, 0.4) is 0 Å². The summed E-state index contributed by atoms with van der Waals surface area (Å²) in [4.78, 5) is 101. The second kappa shape index (κ2) is 36.1. The van der Waals surface area contributed by atoms with E-state index in [9.17, 15) is 43.5 Å². The second-order valence-electron chi connectivity index (χ2n) is 20.6. The molecule has 29 heteroatoms. The van der Waals surface area contributed by atoms with E-state index in [1.807, 2.05) is 23.5 Å². The second-order valence-corrected chi connectivity index (χ2v) is 24.4. The molecule has 2 unspecified atom stereocenters. The van der Waals surface area contributed by atoms with E-state index in [1.165, 1.54) is 18.2 Å². The number of rotatable bonds is 39. The summed E-state index contributed by atoms with van der Waals surface area (Å²) >= 11 is 5.87. The number of aliphatic carboxylic acids is 1. The molecule has 6 rings (SSSR count). The maximum absolute atomic E-state index is 13.3. The summed E-state index contributed by atoms with van der Waals surface area (Å²) in [5.74, 6) is -1.45. The summed E-state index contributed by atoms with van der Waals surface area (Å²) in [5, 5.41) is 57.6. The molecule has 0 bridgehead atoms. The molecule has 7 amide bonds. The maximum atomic E-state index is 13.3. The van der Waals surface area contributed by atoms with Crippen LogP contribution >= 0.6 is 46.1 Å². The zero-order valence-electron chi connectivity index (χ0n) is 47.2. The van der Waals surface area contributed by atoms with Gasteiger partial charge in [-0.1, -0.05) is 12.8 Å². The van der Waals surface area contributed by atoms with Gasteiger partial charge in [-0.05, 0) is 97.7 Å². The van der Waals surface area contributed by atoms with Gasteiger partial charge in [0.2, 0.25) is 23.6 Å². The van der Waals surface area contributed by atoms with Gasteiger partial charge in [-0.15, -0.1) is 0 Å². The lowest BCUT2D eigenvalue weighted by atomic mass is 10.0. The van der Waals surface area contributed by atoms with Gasteiger partial charge in [-0.25, -0.2) is 4.79 Å². The van der Waals surface area contributed by atoms with Crippen LogP contribution in [0.25, 0.3) is 0 Å². The van der Waals surface area contributed by atoms with Gasteiger partial charge >= 0.3 is 5.97 Å². The van der Waals surface area contributed by atoms with Crippen molar-refractivity contribution in [1.29, 1.82) is 10.8 Å². The Morgan fingerprint density at radius 2 is 1.02 bits per heavy atom. The SMILES string of the molecule is C[C@H](CC(=O)NCCOCCOCCNC(=O)c1cc(NC(=O)c2ccc(I)cc2)cc(C(=O)NCCOCCOCCNC(=O)C[C@H](NC(=O)CCCCC2SC[C@@H]3NC(=N)N[C@H]23)C(=O)O)c1)NC(=O)CCCCC1SC[C@@H]2NC(=N)N[C@H]12. The number of carbonyl (C=O) groups is 8. The normalized spacial score (nSPS) is 19.9. The standard InChI is InChI=1S/C55H80IN13O13S2/c1-33(63-44(70)8-4-2-6-42-48-40(31-83-42)66-54(57)68-48)26-46(72)59-14-18-79-22-24-81-20-16-61-50(74)35-27-36(29-38(28-35)64-52(76)34-10-12-37(56)13-11-34)51(75)62-17-21-82-25-23-80-19-15-60-47(73)30-39(53(77)78)65-45(71)9-5-3-7-43-49-41(32-84-43)67-55(58)69-49/h10-13,27-29,33,39-43,48-49H,2-9,14-26,30-32H2,1H3,(H,59,72)(H,60,73)(H,61,74)(H,62,75)(H,63,70)(H,64,76)(H,65,71)(H,77,78)(H3,57,66,68)(H3,58,67,69)/t33-,39+,40+,41+,42?,43?,48+,49+/m1/s1. The van der Waals surface area contributed by atoms with Gasteiger partial charge in [0.15, 0.2) is 11.9 Å². The molecule has 4 saturated heterocycles. The molecular formula is C55H80IN13O13S2. The Bertz CT molecular complexity index is 2580. The highest BCUT2D eigenvalue weighted by Crippen LogP contribution is 2.34. The van der Waals surface area contributed by atoms with Crippen LogP contribution in [0.15, 0.2) is 42.5 Å². The third-order valence-electron chi connectivity index (χ3n) is 13.9. The molecule has 8 atom stereocenters. The van der Waals surface area contributed by atoms with Crippen molar-refractivity contribution >= 4 is 111 Å². The molecule has 84 heavy (non-hydrogen) atoms. The van der Waals surface area contributed by atoms with Crippen LogP contribution in [0.2, 0.25) is 0 Å². The highest BCUT2D eigenvalue weighted by atomic mass is 127. The van der Waals surface area contributed by atoms with E-state index in [4.69, 9.17) is 29.8 Å². The summed E-state index contributed by atoms with van der Waals surface area (Å²) in [6.07, 6.45) is 5.11. The Kier molecular flexibility index (Phi) is 28.9. The highest BCUT2D eigenvalue weighted by Gasteiger charge is 2.42. The van der Waals surface area contributed by atoms with Gasteiger partial charge in [-0.2, -0.15) is 23.5 Å². The molecule has 0 aliphatic carbocycles. The number of fused-ring (bicyclic) bond motifs is 2. The number of halogens is 1. The van der Waals surface area contributed by atoms with Crippen molar-refractivity contribution in [1.82, 2.24) is 53.2 Å². The number of carbonyl (C=O) groups excluding carboxylic acids is 7. The molecule has 2 aromatic carbocycles. The molecule has 4 aliphatic heterocycles. The number of thioether (sulfide) groups is 2. The van der Waals surface area contributed by atoms with Crippen molar-refractivity contribution in [2.75, 3.05) is 95.9 Å². The molecule has 14 N–H and O–H groups in total. The van der Waals surface area contributed by atoms with Gasteiger partial charge in [0.25, 0.3) is 17.7 Å². The molecule has 4 aliphatic rings. The fourth-order valence-corrected chi connectivity index (χ4v) is 13.1. The topological polar surface area (TPSA) is 374 Å². The first-order chi connectivity index (χ1) is 40.5. The minimum Gasteiger partial charge on any atom is -0.480 e. The molecule has 26 nitrogen and oxygen atoms in total. The molecule has 0 aromatic heterocycles. The van der Waals surface area contributed by atoms with E-state index >= 15 is 0 Å². The molecule has 0 radical (unpaired) electrons. The first-order valence-electron chi connectivity index (χ1n) is 28.4. The van der Waals surface area contributed by atoms with Crippen molar-refractivity contribution in [3.63, 3.8) is 0 Å². The van der Waals surface area contributed by atoms with Crippen molar-refractivity contribution in [3.05, 3.63) is 62.7 Å². The zero-order chi connectivity index (χ0) is 60.2. The minimum absolute atomic E-state index is 0.0824. The van der Waals surface area contributed by atoms with Gasteiger partial charge in [0, 0.05) is 99.4 Å². The molecule has 4 heterocycles. The minimum atomic E-state index is -1.38. The lowest BCUT2D eigenvalue weighted by Crippen LogP contribution is -2.44. The Labute approximate surface area is 511 Å². The molecule has 2 aromatic rings. The number of amides is 7. The molecule has 0 spiro atoms. The predicted molar refractivity (Wildman–Crippen MR) is 326 cm³/mol. The van der Waals surface area contributed by atoms with Crippen molar-refractivity contribution in [3.8, 4) is 0 Å². The molecule has 0 saturated carbocycles. The Morgan fingerprint density at radius 1 is 0.571 bits per heavy atom. The Hall–Kier alpha value is -5.99. The van der Waals surface area contributed by atoms with Gasteiger partial charge in [0.05, 0.1) is 83.4 Å². The lowest BCUT2D eigenvalue weighted by molar-refractivity contribution is -0.143. The number of carboxylic acid groups (broad SMARTS) is 1. The highest BCUT2D eigenvalue weighted by molar-refractivity contribution is 14.1.